The topological polar surface area (TPSA) is 170 Å². The lowest BCUT2D eigenvalue weighted by Gasteiger charge is -2.33. The van der Waals surface area contributed by atoms with Crippen LogP contribution in [0.2, 0.25) is 0 Å². The number of carbonyl (C=O) groups excluding carboxylic acids is 2. The summed E-state index contributed by atoms with van der Waals surface area (Å²) in [5.41, 5.74) is 4.07. The fraction of sp³-hybridized carbons (Fsp3) is 0.269. The van der Waals surface area contributed by atoms with Gasteiger partial charge < -0.3 is 30.4 Å². The molecule has 7 aromatic rings. The van der Waals surface area contributed by atoms with Crippen LogP contribution in [0.1, 0.15) is 75.7 Å². The van der Waals surface area contributed by atoms with Gasteiger partial charge in [0.05, 0.1) is 23.9 Å². The first-order valence-corrected chi connectivity index (χ1v) is 21.8. The van der Waals surface area contributed by atoms with Crippen molar-refractivity contribution in [2.45, 2.75) is 56.9 Å². The van der Waals surface area contributed by atoms with Crippen molar-refractivity contribution >= 4 is 22.8 Å². The molecule has 1 aliphatic heterocycles. The molecule has 8 rings (SSSR count). The molecule has 0 unspecified atom stereocenters. The van der Waals surface area contributed by atoms with Crippen LogP contribution in [0.3, 0.4) is 0 Å². The number of aliphatic hydroxyl groups is 2. The number of benzene rings is 5. The summed E-state index contributed by atoms with van der Waals surface area (Å²) in [6, 6.07) is 42.1. The highest BCUT2D eigenvalue weighted by Crippen LogP contribution is 2.35. The van der Waals surface area contributed by atoms with Gasteiger partial charge in [-0.3, -0.25) is 19.2 Å². The Bertz CT molecular complexity index is 2760. The number of fused-ring (bicyclic) bond motifs is 1. The number of ether oxygens (including phenoxy) is 1. The predicted molar refractivity (Wildman–Crippen MR) is 245 cm³/mol. The van der Waals surface area contributed by atoms with Crippen LogP contribution in [0, 0.1) is 5.92 Å². The number of pyridine rings is 1. The minimum Gasteiger partial charge on any atom is -0.506 e. The molecule has 2 atom stereocenters. The molecule has 0 radical (unpaired) electrons. The monoisotopic (exact) mass is 859 g/mol. The smallest absolute Gasteiger partial charge is 0.347 e. The van der Waals surface area contributed by atoms with Crippen LogP contribution in [-0.4, -0.2) is 66.6 Å². The molecule has 328 valence electrons. The van der Waals surface area contributed by atoms with E-state index in [0.29, 0.717) is 51.7 Å². The van der Waals surface area contributed by atoms with Crippen molar-refractivity contribution in [3.8, 4) is 17.0 Å². The van der Waals surface area contributed by atoms with Crippen LogP contribution in [-0.2, 0) is 41.7 Å². The van der Waals surface area contributed by atoms with E-state index in [2.05, 4.69) is 44.6 Å². The number of hydrogen-bond donors (Lipinski definition) is 5. The van der Waals surface area contributed by atoms with E-state index in [1.54, 1.807) is 72.4 Å². The molecule has 0 aliphatic carbocycles. The summed E-state index contributed by atoms with van der Waals surface area (Å²) < 4.78 is 7.55. The molecule has 1 amide bonds. The van der Waals surface area contributed by atoms with Crippen molar-refractivity contribution in [3.63, 3.8) is 0 Å². The first-order valence-electron chi connectivity index (χ1n) is 21.8. The maximum absolute atomic E-state index is 14.0. The molecule has 2 aromatic heterocycles. The fourth-order valence-electron chi connectivity index (χ4n) is 8.59. The number of rotatable bonds is 16. The number of aliphatic hydroxyl groups excluding tert-OH is 1. The number of aromatic nitrogens is 3. The highest BCUT2D eigenvalue weighted by molar-refractivity contribution is 5.93. The molecule has 3 heterocycles. The van der Waals surface area contributed by atoms with Crippen LogP contribution in [0.5, 0.6) is 5.75 Å². The van der Waals surface area contributed by atoms with E-state index in [4.69, 9.17) is 4.74 Å². The van der Waals surface area contributed by atoms with Gasteiger partial charge in [0, 0.05) is 42.7 Å². The van der Waals surface area contributed by atoms with Gasteiger partial charge in [-0.1, -0.05) is 109 Å². The quantitative estimate of drug-likeness (QED) is 0.0626. The van der Waals surface area contributed by atoms with Crippen molar-refractivity contribution in [2.75, 3.05) is 19.7 Å². The second-order valence-electron chi connectivity index (χ2n) is 16.7. The number of aryl methyl sites for hydroxylation is 2. The Morgan fingerprint density at radius 2 is 1.55 bits per heavy atom. The summed E-state index contributed by atoms with van der Waals surface area (Å²) in [6.07, 6.45) is 2.95. The Morgan fingerprint density at radius 3 is 2.30 bits per heavy atom. The lowest BCUT2D eigenvalue weighted by molar-refractivity contribution is -0.164. The Balaban J connectivity index is 0.867. The minimum atomic E-state index is -2.08. The molecule has 1 aliphatic rings. The second-order valence-corrected chi connectivity index (χ2v) is 16.7. The largest absolute Gasteiger partial charge is 0.506 e. The molecular weight excluding hydrogens is 807 g/mol. The minimum absolute atomic E-state index is 0.0432. The number of carbonyl (C=O) groups is 2. The van der Waals surface area contributed by atoms with Gasteiger partial charge in [-0.15, -0.1) is 0 Å². The summed E-state index contributed by atoms with van der Waals surface area (Å²) >= 11 is 0. The van der Waals surface area contributed by atoms with E-state index in [0.717, 1.165) is 50.0 Å². The first-order chi connectivity index (χ1) is 31.0. The molecule has 5 N–H and O–H groups in total. The molecule has 12 nitrogen and oxygen atoms in total. The van der Waals surface area contributed by atoms with E-state index >= 15 is 0 Å². The average Bonchev–Trinajstić information content (AvgIpc) is 3.72. The predicted octanol–water partition coefficient (Wildman–Crippen LogP) is 7.31. The molecule has 0 bridgehead atoms. The van der Waals surface area contributed by atoms with Gasteiger partial charge in [-0.05, 0) is 103 Å². The van der Waals surface area contributed by atoms with E-state index in [1.807, 2.05) is 42.5 Å². The first kappa shape index (κ1) is 43.8. The number of esters is 1. The number of nitrogens with one attached hydrogen (secondary N) is 2. The fourth-order valence-corrected chi connectivity index (χ4v) is 8.59. The third-order valence-corrected chi connectivity index (χ3v) is 12.3. The summed E-state index contributed by atoms with van der Waals surface area (Å²) in [5.74, 6) is -0.941. The van der Waals surface area contributed by atoms with Gasteiger partial charge in [0.2, 0.25) is 11.2 Å². The zero-order chi connectivity index (χ0) is 44.6. The van der Waals surface area contributed by atoms with Crippen LogP contribution in [0.25, 0.3) is 22.2 Å². The Kier molecular flexibility index (Phi) is 13.5. The molecule has 0 saturated carbocycles. The Labute approximate surface area is 371 Å². The number of aromatic hydroxyl groups is 1. The van der Waals surface area contributed by atoms with Crippen molar-refractivity contribution in [1.29, 1.82) is 0 Å². The lowest BCUT2D eigenvalue weighted by Crippen LogP contribution is -2.40. The third kappa shape index (κ3) is 10.00. The molecule has 12 heteroatoms. The number of aromatic amines is 1. The Hall–Kier alpha value is -6.86. The zero-order valence-electron chi connectivity index (χ0n) is 35.8. The van der Waals surface area contributed by atoms with Gasteiger partial charge in [0.1, 0.15) is 5.75 Å². The highest BCUT2D eigenvalue weighted by Gasteiger charge is 2.42. The van der Waals surface area contributed by atoms with Crippen molar-refractivity contribution < 1.29 is 29.6 Å². The number of likely N-dealkylation sites (tertiary alicyclic amines) is 1. The summed E-state index contributed by atoms with van der Waals surface area (Å²) in [4.78, 5) is 44.2. The summed E-state index contributed by atoms with van der Waals surface area (Å²) in [6.45, 7) is 3.21. The maximum Gasteiger partial charge on any atom is 0.347 e. The molecule has 64 heavy (non-hydrogen) atoms. The van der Waals surface area contributed by atoms with E-state index in [1.165, 1.54) is 17.7 Å². The Morgan fingerprint density at radius 1 is 0.844 bits per heavy atom. The van der Waals surface area contributed by atoms with Crippen LogP contribution in [0.15, 0.2) is 144 Å². The molecule has 0 spiro atoms. The van der Waals surface area contributed by atoms with Gasteiger partial charge >= 0.3 is 5.97 Å². The van der Waals surface area contributed by atoms with Crippen molar-refractivity contribution in [1.82, 2.24) is 25.0 Å². The number of piperidine rings is 1. The number of H-pyrrole nitrogens is 1. The van der Waals surface area contributed by atoms with Gasteiger partial charge in [0.25, 0.3) is 5.91 Å². The van der Waals surface area contributed by atoms with Crippen LogP contribution >= 0.6 is 0 Å². The highest BCUT2D eigenvalue weighted by atomic mass is 16.5. The van der Waals surface area contributed by atoms with E-state index < -0.39 is 17.7 Å². The average molecular weight is 860 g/mol. The second kappa shape index (κ2) is 19.7. The molecule has 1 saturated heterocycles. The third-order valence-electron chi connectivity index (χ3n) is 12.3. The number of amides is 1. The van der Waals surface area contributed by atoms with Crippen LogP contribution in [0.4, 0.5) is 0 Å². The van der Waals surface area contributed by atoms with E-state index in [-0.39, 0.29) is 42.0 Å². The zero-order valence-corrected chi connectivity index (χ0v) is 35.8. The van der Waals surface area contributed by atoms with Gasteiger partial charge in [-0.25, -0.2) is 4.79 Å². The molecule has 1 fully saturated rings. The number of phenols is 1. The van der Waals surface area contributed by atoms with Crippen LogP contribution < -0.4 is 10.9 Å². The SMILES string of the molecule is Cn1nc(C(=O)NCc2ccc(CCC[C@H](O)c3ccc(O)c4[nH]c(=O)ccc34)cc2)cc1-c1cccc([C@](O)(C(=O)OCC2CCN(Cc3ccccc3)CC2)c2ccccc2)c1. The summed E-state index contributed by atoms with van der Waals surface area (Å²) in [7, 11) is 1.74. The maximum atomic E-state index is 14.0. The lowest BCUT2D eigenvalue weighted by atomic mass is 9.85. The van der Waals surface area contributed by atoms with Gasteiger partial charge in [-0.2, -0.15) is 5.10 Å². The number of phenolic OH excluding ortho intramolecular Hbond substituents is 1. The molecular formula is C52H53N5O7. The summed E-state index contributed by atoms with van der Waals surface area (Å²) in [5, 5.41) is 41.5. The van der Waals surface area contributed by atoms with Crippen molar-refractivity contribution in [2.24, 2.45) is 13.0 Å². The number of hydrogen-bond acceptors (Lipinski definition) is 9. The number of nitrogens with zero attached hydrogens (tertiary/aromatic N) is 3. The van der Waals surface area contributed by atoms with Crippen molar-refractivity contribution in [3.05, 3.63) is 189 Å². The van der Waals surface area contributed by atoms with E-state index in [9.17, 15) is 29.7 Å². The van der Waals surface area contributed by atoms with Gasteiger partial charge in [0.15, 0.2) is 5.69 Å². The molecule has 5 aromatic carbocycles. The normalized spacial score (nSPS) is 14.8. The standard InChI is InChI=1S/C52H53N5O7/c1-56-45(31-44(55-56)50(61)53-32-36-20-18-35(19-21-36)12-8-17-46(58)42-22-24-47(59)49-43(42)23-25-48(60)54-49)39-13-9-16-41(30-39)52(63,40-14-6-3-7-15-40)51(62)64-34-38-26-28-57(29-27-38)33-37-10-4-2-5-11-37/h2-7,9-11,13-16,18-25,30-31,38,46,58-59,63H,8,12,17,26-29,32-34H2,1H3,(H,53,61)(H,54,60)/t46-,52-/m0/s1.